The highest BCUT2D eigenvalue weighted by Crippen LogP contribution is 2.41. The summed E-state index contributed by atoms with van der Waals surface area (Å²) < 4.78 is 2.18. The first-order chi connectivity index (χ1) is 33.8. The molecule has 11 rings (SSSR count). The Balaban J connectivity index is 0.682. The molecule has 70 heavy (non-hydrogen) atoms. The van der Waals surface area contributed by atoms with E-state index in [1.807, 2.05) is 30.5 Å². The van der Waals surface area contributed by atoms with Crippen molar-refractivity contribution in [3.8, 4) is 23.0 Å². The van der Waals surface area contributed by atoms with Crippen LogP contribution in [0.5, 0.6) is 0 Å². The molecule has 3 fully saturated rings. The van der Waals surface area contributed by atoms with Gasteiger partial charge in [-0.15, -0.1) is 0 Å². The number of imide groups is 2. The highest BCUT2D eigenvalue weighted by molar-refractivity contribution is 6.23. The lowest BCUT2D eigenvalue weighted by atomic mass is 9.90. The molecule has 5 amide bonds. The number of anilines is 4. The first-order valence-corrected chi connectivity index (χ1v) is 24.5. The first-order valence-electron chi connectivity index (χ1n) is 24.5. The minimum absolute atomic E-state index is 0.0773. The maximum absolute atomic E-state index is 13.9. The molecule has 0 spiro atoms. The number of carbonyl (C=O) groups is 5. The molecule has 0 saturated carbocycles. The normalized spacial score (nSPS) is 22.4. The van der Waals surface area contributed by atoms with E-state index in [1.54, 1.807) is 35.5 Å². The number of piperidine rings is 3. The third-order valence-electron chi connectivity index (χ3n) is 15.2. The Hall–Kier alpha value is -7.22. The maximum Gasteiger partial charge on any atom is 0.276 e. The molecule has 9 heterocycles. The van der Waals surface area contributed by atoms with E-state index >= 15 is 0 Å². The minimum atomic E-state index is -0.996. The zero-order valence-corrected chi connectivity index (χ0v) is 39.7. The van der Waals surface area contributed by atoms with Gasteiger partial charge in [0.2, 0.25) is 11.8 Å². The third-order valence-corrected chi connectivity index (χ3v) is 15.2. The van der Waals surface area contributed by atoms with Crippen LogP contribution in [0, 0.1) is 23.2 Å². The summed E-state index contributed by atoms with van der Waals surface area (Å²) >= 11 is 0. The molecule has 4 aromatic heterocycles. The van der Waals surface area contributed by atoms with Gasteiger partial charge >= 0.3 is 0 Å². The summed E-state index contributed by atoms with van der Waals surface area (Å²) in [5, 5.41) is 16.3. The third kappa shape index (κ3) is 8.30. The number of benzene rings is 1. The van der Waals surface area contributed by atoms with Crippen LogP contribution in [0.1, 0.15) is 113 Å². The van der Waals surface area contributed by atoms with E-state index < -0.39 is 29.7 Å². The lowest BCUT2D eigenvalue weighted by Gasteiger charge is -2.45. The summed E-state index contributed by atoms with van der Waals surface area (Å²) in [6, 6.07) is 16.6. The van der Waals surface area contributed by atoms with Crippen molar-refractivity contribution in [1.82, 2.24) is 34.6 Å². The van der Waals surface area contributed by atoms with Gasteiger partial charge < -0.3 is 24.8 Å². The minimum Gasteiger partial charge on any atom is -0.392 e. The van der Waals surface area contributed by atoms with Crippen molar-refractivity contribution in [1.29, 1.82) is 0 Å². The van der Waals surface area contributed by atoms with Crippen LogP contribution < -0.4 is 20.4 Å². The molecule has 2 unspecified atom stereocenters. The zero-order valence-electron chi connectivity index (χ0n) is 39.7. The largest absolute Gasteiger partial charge is 0.392 e. The number of nitrogens with one attached hydrogen (secondary N) is 2. The molecule has 3 saturated heterocycles. The summed E-state index contributed by atoms with van der Waals surface area (Å²) in [5.41, 5.74) is 7.84. The van der Waals surface area contributed by atoms with E-state index in [1.165, 1.54) is 11.3 Å². The number of fused-ring (bicyclic) bond motifs is 4. The molecule has 0 bridgehead atoms. The summed E-state index contributed by atoms with van der Waals surface area (Å²) in [5.74, 6) is 6.46. The van der Waals surface area contributed by atoms with E-state index in [0.29, 0.717) is 59.4 Å². The SMILES string of the molecule is C[C@H]1CC(N2CCC(C#Cc3ccc4c(c3)C(=O)N(C3CCC(=O)NC3=O)C4=O)CC2)CCN1c1ccc(Nc2cc(-c3ccnc(N4CCn5c(cc6c5CC(C)(C)C6)C4=O)c3CO)ccn2)nc1. The summed E-state index contributed by atoms with van der Waals surface area (Å²) in [7, 11) is 0. The van der Waals surface area contributed by atoms with Crippen molar-refractivity contribution in [3.63, 3.8) is 0 Å². The highest BCUT2D eigenvalue weighted by Gasteiger charge is 2.45. The van der Waals surface area contributed by atoms with Gasteiger partial charge in [0.05, 0.1) is 29.6 Å². The summed E-state index contributed by atoms with van der Waals surface area (Å²) in [6.45, 7) is 10.5. The standard InChI is InChI=1S/C54H56N10O6/c1-32-24-37(60-19-14-33(15-20-60)4-5-34-6-8-40-41(25-34)52(69)64(51(40)68)43-9-11-48(66)59-50(43)67)16-21-61(32)38-7-10-46(57-30-38)58-47-27-35(12-17-55-47)39-13-18-56-49(42(39)31-65)63-23-22-62-44(53(63)70)26-36-28-54(2,3)29-45(36)62/h6-8,10,12-13,17-18,25-27,30,32-33,37,43,65H,9,11,14-16,19-24,28-29,31H2,1-3H3,(H,55,57,58)(H,59,66,67)/t32-,37?,43?/m0/s1. The number of aromatic nitrogens is 4. The second-order valence-electron chi connectivity index (χ2n) is 20.4. The van der Waals surface area contributed by atoms with Crippen LogP contribution in [0.4, 0.5) is 23.1 Å². The molecule has 16 heteroatoms. The zero-order chi connectivity index (χ0) is 48.4. The average Bonchev–Trinajstić information content (AvgIpc) is 3.94. The van der Waals surface area contributed by atoms with Crippen molar-refractivity contribution >= 4 is 52.7 Å². The Morgan fingerprint density at radius 3 is 2.39 bits per heavy atom. The van der Waals surface area contributed by atoms with Gasteiger partial charge in [-0.3, -0.25) is 39.1 Å². The number of aliphatic hydroxyl groups is 1. The molecule has 3 atom stereocenters. The number of pyridine rings is 3. The number of amides is 5. The first kappa shape index (κ1) is 45.2. The van der Waals surface area contributed by atoms with Crippen LogP contribution in [0.25, 0.3) is 11.1 Å². The maximum atomic E-state index is 13.9. The molecular formula is C54H56N10O6. The van der Waals surface area contributed by atoms with Crippen LogP contribution in [-0.2, 0) is 35.6 Å². The molecule has 5 aromatic rings. The van der Waals surface area contributed by atoms with Gasteiger partial charge in [0, 0.05) is 73.3 Å². The molecule has 6 aliphatic rings. The number of likely N-dealkylation sites (tertiary alicyclic amines) is 1. The van der Waals surface area contributed by atoms with Gasteiger partial charge in [0.1, 0.15) is 29.2 Å². The number of aliphatic hydroxyl groups excluding tert-OH is 1. The van der Waals surface area contributed by atoms with Gasteiger partial charge in [0.15, 0.2) is 0 Å². The Morgan fingerprint density at radius 2 is 1.61 bits per heavy atom. The van der Waals surface area contributed by atoms with Crippen molar-refractivity contribution in [2.24, 2.45) is 11.3 Å². The number of nitrogens with zero attached hydrogens (tertiary/aromatic N) is 8. The Kier molecular flexibility index (Phi) is 11.6. The van der Waals surface area contributed by atoms with Crippen LogP contribution >= 0.6 is 0 Å². The van der Waals surface area contributed by atoms with E-state index in [0.717, 1.165) is 79.9 Å². The summed E-state index contributed by atoms with van der Waals surface area (Å²) in [4.78, 5) is 86.2. The predicted octanol–water partition coefficient (Wildman–Crippen LogP) is 5.88. The molecular weight excluding hydrogens is 885 g/mol. The van der Waals surface area contributed by atoms with E-state index in [-0.39, 0.29) is 47.8 Å². The van der Waals surface area contributed by atoms with Gasteiger partial charge in [-0.2, -0.15) is 0 Å². The van der Waals surface area contributed by atoms with Crippen LogP contribution in [0.2, 0.25) is 0 Å². The fourth-order valence-electron chi connectivity index (χ4n) is 11.7. The molecule has 16 nitrogen and oxygen atoms in total. The molecule has 0 radical (unpaired) electrons. The van der Waals surface area contributed by atoms with Crippen molar-refractivity contribution in [2.45, 2.75) is 103 Å². The van der Waals surface area contributed by atoms with E-state index in [9.17, 15) is 29.1 Å². The topological polar surface area (TPSA) is 186 Å². The van der Waals surface area contributed by atoms with Gasteiger partial charge in [0.25, 0.3) is 17.7 Å². The molecule has 3 N–H and O–H groups in total. The van der Waals surface area contributed by atoms with Gasteiger partial charge in [-0.1, -0.05) is 25.7 Å². The molecule has 1 aromatic carbocycles. The van der Waals surface area contributed by atoms with E-state index in [4.69, 9.17) is 4.98 Å². The highest BCUT2D eigenvalue weighted by atomic mass is 16.3. The smallest absolute Gasteiger partial charge is 0.276 e. The number of carbonyl (C=O) groups excluding carboxylic acids is 5. The number of rotatable bonds is 8. The van der Waals surface area contributed by atoms with Crippen molar-refractivity contribution in [2.75, 3.05) is 41.3 Å². The average molecular weight is 941 g/mol. The lowest BCUT2D eigenvalue weighted by molar-refractivity contribution is -0.136. The number of hydrogen-bond acceptors (Lipinski definition) is 12. The Bertz CT molecular complexity index is 3030. The molecule has 358 valence electrons. The number of hydrogen-bond donors (Lipinski definition) is 3. The monoisotopic (exact) mass is 940 g/mol. The van der Waals surface area contributed by atoms with Crippen LogP contribution in [0.15, 0.2) is 73.2 Å². The lowest BCUT2D eigenvalue weighted by Crippen LogP contribution is -2.54. The summed E-state index contributed by atoms with van der Waals surface area (Å²) in [6.07, 6.45) is 11.4. The van der Waals surface area contributed by atoms with Crippen LogP contribution in [0.3, 0.4) is 0 Å². The Morgan fingerprint density at radius 1 is 0.800 bits per heavy atom. The van der Waals surface area contributed by atoms with Crippen LogP contribution in [-0.4, -0.2) is 108 Å². The second kappa shape index (κ2) is 17.9. The van der Waals surface area contributed by atoms with Crippen molar-refractivity contribution in [3.05, 3.63) is 112 Å². The predicted molar refractivity (Wildman–Crippen MR) is 262 cm³/mol. The fourth-order valence-corrected chi connectivity index (χ4v) is 11.7. The second-order valence-corrected chi connectivity index (χ2v) is 20.4. The van der Waals surface area contributed by atoms with Gasteiger partial charge in [-0.25, -0.2) is 15.0 Å². The quantitative estimate of drug-likeness (QED) is 0.124. The fraction of sp³-hybridized carbons (Fsp3) is 0.407. The molecule has 1 aliphatic carbocycles. The molecule has 5 aliphatic heterocycles. The Labute approximate surface area is 406 Å². The van der Waals surface area contributed by atoms with Gasteiger partial charge in [-0.05, 0) is 142 Å². The van der Waals surface area contributed by atoms with E-state index in [2.05, 4.69) is 79.7 Å². The van der Waals surface area contributed by atoms with Crippen molar-refractivity contribution < 1.29 is 29.1 Å².